The minimum absolute atomic E-state index is 0.0292. The summed E-state index contributed by atoms with van der Waals surface area (Å²) in [4.78, 5) is 247. The van der Waals surface area contributed by atoms with E-state index in [2.05, 4.69) is 52.8 Å². The molecule has 734 valence electrons. The number of carbonyl (C=O) groups is 16. The zero-order valence-electron chi connectivity index (χ0n) is 77.3. The van der Waals surface area contributed by atoms with Crippen molar-refractivity contribution in [2.24, 2.45) is 17.6 Å². The zero-order chi connectivity index (χ0) is 99.8. The Morgan fingerprint density at radius 1 is 0.489 bits per heavy atom. The van der Waals surface area contributed by atoms with Crippen LogP contribution >= 0.6 is 11.8 Å². The number of halogens is 2. The highest BCUT2D eigenvalue weighted by atomic mass is 32.2. The second kappa shape index (κ2) is 49.0. The Bertz CT molecular complexity index is 5490. The molecule has 7 aromatic rings. The molecule has 1 aromatic heterocycles. The van der Waals surface area contributed by atoms with Crippen molar-refractivity contribution >= 4 is 117 Å². The fraction of sp³-hybridized carbons (Fsp3) is 0.443. The molecule has 15 atom stereocenters. The van der Waals surface area contributed by atoms with E-state index in [-0.39, 0.29) is 68.4 Å². The molecule has 4 heterocycles. The fourth-order valence-electron chi connectivity index (χ4n) is 17.0. The fourth-order valence-corrected chi connectivity index (χ4v) is 17.8. The van der Waals surface area contributed by atoms with E-state index in [1.165, 1.54) is 83.5 Å². The number of nitrogens with two attached hydrogens (primary N) is 1. The molecule has 37 nitrogen and oxygen atoms in total. The average molecular weight is 1920 g/mol. The van der Waals surface area contributed by atoms with E-state index in [4.69, 9.17) is 5.73 Å². The smallest absolute Gasteiger partial charge is 0.305 e. The van der Waals surface area contributed by atoms with Crippen LogP contribution in [-0.2, 0) is 115 Å². The van der Waals surface area contributed by atoms with E-state index in [1.807, 2.05) is 0 Å². The number of carboxylic acids is 1. The summed E-state index contributed by atoms with van der Waals surface area (Å²) in [5.41, 5.74) is 8.11. The van der Waals surface area contributed by atoms with Gasteiger partial charge in [-0.1, -0.05) is 157 Å². The molecule has 3 fully saturated rings. The van der Waals surface area contributed by atoms with Crippen LogP contribution in [0.15, 0.2) is 158 Å². The predicted molar refractivity (Wildman–Crippen MR) is 499 cm³/mol. The van der Waals surface area contributed by atoms with Crippen LogP contribution in [-0.4, -0.2) is 293 Å². The number of aliphatic hydroxyl groups excluding tert-OH is 2. The Morgan fingerprint density at radius 2 is 0.964 bits per heavy atom. The third-order valence-corrected chi connectivity index (χ3v) is 25.4. The lowest BCUT2D eigenvalue weighted by Gasteiger charge is -2.38. The van der Waals surface area contributed by atoms with Crippen LogP contribution in [0.4, 0.5) is 8.78 Å². The van der Waals surface area contributed by atoms with E-state index in [0.29, 0.717) is 56.9 Å². The molecule has 0 bridgehead atoms. The largest absolute Gasteiger partial charge is 0.508 e. The molecule has 15 amide bonds. The van der Waals surface area contributed by atoms with E-state index >= 15 is 52.3 Å². The monoisotopic (exact) mass is 1910 g/mol. The van der Waals surface area contributed by atoms with Crippen LogP contribution in [0.2, 0.25) is 0 Å². The van der Waals surface area contributed by atoms with Crippen molar-refractivity contribution in [3.8, 4) is 11.5 Å². The quantitative estimate of drug-likeness (QED) is 0.0432. The molecule has 17 N–H and O–H groups in total. The number of fused-ring (bicyclic) bond motifs is 3. The lowest BCUT2D eigenvalue weighted by molar-refractivity contribution is -0.152. The number of H-pyrrole nitrogens is 1. The number of aliphatic carboxylic acids is 1. The number of para-hydroxylation sites is 1. The van der Waals surface area contributed by atoms with E-state index in [9.17, 15) is 58.7 Å². The van der Waals surface area contributed by atoms with Gasteiger partial charge in [-0.2, -0.15) is 0 Å². The van der Waals surface area contributed by atoms with Crippen molar-refractivity contribution in [2.45, 2.75) is 209 Å². The first kappa shape index (κ1) is 105. The molecule has 0 aliphatic carbocycles. The molecule has 40 heteroatoms. The van der Waals surface area contributed by atoms with Crippen LogP contribution in [0, 0.1) is 23.5 Å². The number of nitrogens with zero attached hydrogens (tertiary/aromatic N) is 5. The third-order valence-electron chi connectivity index (χ3n) is 24.4. The van der Waals surface area contributed by atoms with Gasteiger partial charge < -0.3 is 109 Å². The number of likely N-dealkylation sites (N-methyl/N-ethyl adjacent to an activating group) is 3. The SMILES string of the molecule is CCCC[C@H]1C(=O)N2C[C@@H](O)C[C@@H]2C(=O)N[C@@H](CC(=O)O)C(=O)N[C@@H](C(C)C)C(=O)N(C)[C@@H](Cc2ccccc2)C(=O)N[C@@H](Cc2ccc(O)cc2)C(=O)N2C[C@@H](O)C[C@@H]2C(=O)N[C@@H](Cc2c[nH]c3ccccc23)C(=O)N[C@@H](Cc2ccc(O)cc2)C(=O)N[C@@H](CC(C)C)C(=O)N[C@H](C(=O)NCC(N)=O)CSCC(=O)N[C@@H](Cc2ccc(F)c(F)c2)C(=O)N(C)[C@@H](Cc2ccccc2)C(=O)N1C. The van der Waals surface area contributed by atoms with Crippen molar-refractivity contribution in [1.29, 1.82) is 0 Å². The normalized spacial score (nSPS) is 24.3. The summed E-state index contributed by atoms with van der Waals surface area (Å²) < 4.78 is 29.9. The lowest BCUT2D eigenvalue weighted by atomic mass is 9.98. The van der Waals surface area contributed by atoms with E-state index < -0.39 is 266 Å². The summed E-state index contributed by atoms with van der Waals surface area (Å²) in [5.74, 6) is -22.2. The van der Waals surface area contributed by atoms with Gasteiger partial charge in [0, 0.05) is 108 Å². The Morgan fingerprint density at radius 3 is 1.53 bits per heavy atom. The Labute approximate surface area is 794 Å². The van der Waals surface area contributed by atoms with Crippen molar-refractivity contribution < 1.29 is 111 Å². The summed E-state index contributed by atoms with van der Waals surface area (Å²) >= 11 is 0.707. The van der Waals surface area contributed by atoms with Crippen LogP contribution in [0.3, 0.4) is 0 Å². The first-order valence-electron chi connectivity index (χ1n) is 45.3. The number of amides is 15. The number of thioether (sulfide) groups is 1. The summed E-state index contributed by atoms with van der Waals surface area (Å²) in [6.07, 6.45) is -5.16. The molecule has 137 heavy (non-hydrogen) atoms. The number of phenols is 2. The molecule has 3 saturated heterocycles. The second-order valence-corrected chi connectivity index (χ2v) is 36.6. The predicted octanol–water partition coefficient (Wildman–Crippen LogP) is 1.61. The van der Waals surface area contributed by atoms with Gasteiger partial charge in [0.2, 0.25) is 88.6 Å². The molecule has 6 aromatic carbocycles. The molecular formula is C97H120F2N16O21S. The minimum atomic E-state index is -2.04. The standard InChI is InChI=1S/C97H120F2N16O21S/c1-9-10-25-76-96(135)115-50-64(119)45-79(115)92(131)107-72(46-83(122)123)89(128)110-84(54(4)5)97(136)112(7)77(41-55-19-13-11-14-20-55)90(129)108-74(39-58-28-33-62(117)34-29-58)94(133)114-49-63(118)44-78(114)91(130)106-71(43-60-47-101-68-24-18-17-23-65(60)68)88(127)105-70(38-57-26-31-61(116)32-27-57)87(126)104-69(36-53(2)3)86(125)109-75(85(124)102-48-81(100)120)51-137-52-82(121)103-73(40-59-30-35-66(98)67(99)37-59)93(132)113(8)80(95(134)111(76)6)42-56-21-15-12-16-22-56/h11-24,26-35,37,47,53-54,63-64,69-80,84,101,116-119H,9-10,25,36,38-46,48-52H2,1-8H3,(H2,100,120)(H,102,124)(H,103,121)(H,104,126)(H,105,127)(H,106,130)(H,107,131)(H,108,129)(H,109,125)(H,110,128)(H,122,123)/t63-,64-,69-,70-,71-,72-,73-,74-,75-,76-,77-,78+,79+,80-,84-/m0/s1. The first-order chi connectivity index (χ1) is 65.1. The Kier molecular flexibility index (Phi) is 37.6. The molecule has 0 spiro atoms. The molecule has 0 saturated carbocycles. The van der Waals surface area contributed by atoms with Gasteiger partial charge in [-0.3, -0.25) is 76.7 Å². The van der Waals surface area contributed by atoms with Crippen molar-refractivity contribution in [2.75, 3.05) is 52.3 Å². The molecule has 3 aliphatic heterocycles. The number of aromatic hydroxyl groups is 2. The number of aromatic amines is 1. The summed E-state index contributed by atoms with van der Waals surface area (Å²) in [6.45, 7) is 6.40. The van der Waals surface area contributed by atoms with Crippen molar-refractivity contribution in [1.82, 2.24) is 77.3 Å². The topological polar surface area (TPSA) is 541 Å². The molecule has 10 rings (SSSR count). The number of hydrogen-bond acceptors (Lipinski definition) is 21. The minimum Gasteiger partial charge on any atom is -0.508 e. The van der Waals surface area contributed by atoms with Crippen molar-refractivity contribution in [3.63, 3.8) is 0 Å². The highest BCUT2D eigenvalue weighted by Crippen LogP contribution is 2.29. The van der Waals surface area contributed by atoms with Gasteiger partial charge in [-0.15, -0.1) is 11.8 Å². The first-order valence-corrected chi connectivity index (χ1v) is 46.5. The van der Waals surface area contributed by atoms with Gasteiger partial charge in [0.25, 0.3) is 0 Å². The number of nitrogens with one attached hydrogen (secondary N) is 10. The second-order valence-electron chi connectivity index (χ2n) is 35.6. The molecule has 0 unspecified atom stereocenters. The van der Waals surface area contributed by atoms with Crippen LogP contribution in [0.25, 0.3) is 10.9 Å². The average Bonchev–Trinajstić information content (AvgIpc) is 1.72. The van der Waals surface area contributed by atoms with Gasteiger partial charge in [-0.05, 0) is 101 Å². The molecular weight excluding hydrogens is 1800 g/mol. The van der Waals surface area contributed by atoms with Crippen LogP contribution in [0.5, 0.6) is 11.5 Å². The number of primary amides is 1. The summed E-state index contributed by atoms with van der Waals surface area (Å²) in [5, 5.41) is 78.7. The van der Waals surface area contributed by atoms with Gasteiger partial charge in [0.15, 0.2) is 11.6 Å². The number of benzene rings is 6. The summed E-state index contributed by atoms with van der Waals surface area (Å²) in [7, 11) is 3.74. The number of rotatable bonds is 23. The third kappa shape index (κ3) is 29.1. The maximum Gasteiger partial charge on any atom is 0.305 e. The highest BCUT2D eigenvalue weighted by molar-refractivity contribution is 8.00. The van der Waals surface area contributed by atoms with Gasteiger partial charge in [-0.25, -0.2) is 8.78 Å². The maximum atomic E-state index is 15.8. The Hall–Kier alpha value is -13.9. The number of hydrogen-bond donors (Lipinski definition) is 16. The van der Waals surface area contributed by atoms with Crippen LogP contribution < -0.4 is 53.6 Å². The Balaban J connectivity index is 1.07. The van der Waals surface area contributed by atoms with E-state index in [0.717, 1.165) is 42.7 Å². The van der Waals surface area contributed by atoms with E-state index in [1.54, 1.807) is 112 Å². The number of carboxylic acid groups (broad SMARTS) is 1. The molecule has 3 aliphatic rings. The summed E-state index contributed by atoms with van der Waals surface area (Å²) in [6, 6.07) is 15.6. The maximum absolute atomic E-state index is 15.8. The highest BCUT2D eigenvalue weighted by Gasteiger charge is 2.48. The number of phenolic OH excluding ortho intramolecular Hbond substituents is 2. The number of unbranched alkanes of at least 4 members (excludes halogenated alkanes) is 1. The van der Waals surface area contributed by atoms with Gasteiger partial charge in [0.1, 0.15) is 90.0 Å². The number of aliphatic hydroxyl groups is 2. The van der Waals surface area contributed by atoms with Crippen molar-refractivity contribution in [3.05, 3.63) is 203 Å². The zero-order valence-corrected chi connectivity index (χ0v) is 78.1. The van der Waals surface area contributed by atoms with Gasteiger partial charge >= 0.3 is 5.97 Å². The molecule has 0 radical (unpaired) electrons. The lowest BCUT2D eigenvalue weighted by Crippen LogP contribution is -2.62. The number of carbonyl (C=O) groups excluding carboxylic acids is 15. The van der Waals surface area contributed by atoms with Gasteiger partial charge in [0.05, 0.1) is 30.9 Å². The van der Waals surface area contributed by atoms with Crippen LogP contribution in [0.1, 0.15) is 113 Å². The number of aromatic nitrogens is 1.